The van der Waals surface area contributed by atoms with Gasteiger partial charge in [-0.05, 0) is 38.5 Å². The molecular formula is C17H22N2O4S2. The van der Waals surface area contributed by atoms with Crippen LogP contribution in [0.25, 0.3) is 11.3 Å². The highest BCUT2D eigenvalue weighted by Crippen LogP contribution is 2.26. The molecule has 0 amide bonds. The molecule has 6 nitrogen and oxygen atoms in total. The van der Waals surface area contributed by atoms with Crippen LogP contribution in [0.4, 0.5) is 0 Å². The molecule has 0 fully saturated rings. The van der Waals surface area contributed by atoms with Crippen LogP contribution in [0.3, 0.4) is 0 Å². The number of benzene rings is 1. The minimum Gasteiger partial charge on any atom is -0.256 e. The fourth-order valence-corrected chi connectivity index (χ4v) is 4.75. The molecule has 2 aromatic rings. The van der Waals surface area contributed by atoms with Gasteiger partial charge in [-0.25, -0.2) is 21.6 Å². The van der Waals surface area contributed by atoms with Gasteiger partial charge in [0.1, 0.15) is 0 Å². The van der Waals surface area contributed by atoms with Gasteiger partial charge in [0.05, 0.1) is 16.3 Å². The second-order valence-electron chi connectivity index (χ2n) is 6.97. The lowest BCUT2D eigenvalue weighted by Gasteiger charge is -2.21. The Kier molecular flexibility index (Phi) is 5.36. The molecule has 0 atom stereocenters. The predicted molar refractivity (Wildman–Crippen MR) is 98.3 cm³/mol. The van der Waals surface area contributed by atoms with Crippen molar-refractivity contribution in [1.29, 1.82) is 0 Å². The first-order valence-electron chi connectivity index (χ1n) is 7.63. The van der Waals surface area contributed by atoms with E-state index < -0.39 is 25.4 Å². The van der Waals surface area contributed by atoms with Crippen LogP contribution < -0.4 is 4.72 Å². The van der Waals surface area contributed by atoms with E-state index in [1.807, 2.05) is 0 Å². The number of hydrogen-bond acceptors (Lipinski definition) is 5. The zero-order chi connectivity index (χ0) is 18.9. The van der Waals surface area contributed by atoms with E-state index in [9.17, 15) is 16.8 Å². The topological polar surface area (TPSA) is 93.2 Å². The Labute approximate surface area is 149 Å². The molecular weight excluding hydrogens is 360 g/mol. The minimum atomic E-state index is -3.72. The molecule has 1 aromatic carbocycles. The number of aromatic nitrogens is 1. The van der Waals surface area contributed by atoms with E-state index >= 15 is 0 Å². The van der Waals surface area contributed by atoms with Gasteiger partial charge in [0.25, 0.3) is 0 Å². The van der Waals surface area contributed by atoms with Gasteiger partial charge < -0.3 is 0 Å². The van der Waals surface area contributed by atoms with Gasteiger partial charge in [-0.2, -0.15) is 0 Å². The summed E-state index contributed by atoms with van der Waals surface area (Å²) < 4.78 is 50.7. The Hall–Kier alpha value is -1.77. The van der Waals surface area contributed by atoms with Gasteiger partial charge in [-0.3, -0.25) is 4.98 Å². The summed E-state index contributed by atoms with van der Waals surface area (Å²) in [4.78, 5) is 4.38. The van der Waals surface area contributed by atoms with Crippen LogP contribution >= 0.6 is 0 Å². The van der Waals surface area contributed by atoms with Crippen LogP contribution in [-0.2, 0) is 25.6 Å². The normalized spacial score (nSPS) is 13.0. The van der Waals surface area contributed by atoms with E-state index in [0.29, 0.717) is 16.8 Å². The fraction of sp³-hybridized carbons (Fsp3) is 0.353. The summed E-state index contributed by atoms with van der Waals surface area (Å²) in [6, 6.07) is 9.86. The van der Waals surface area contributed by atoms with Crippen molar-refractivity contribution in [3.63, 3.8) is 0 Å². The van der Waals surface area contributed by atoms with Crippen molar-refractivity contribution in [3.8, 4) is 11.3 Å². The van der Waals surface area contributed by atoms with Gasteiger partial charge in [-0.15, -0.1) is 0 Å². The van der Waals surface area contributed by atoms with E-state index in [1.54, 1.807) is 51.1 Å². The largest absolute Gasteiger partial charge is 0.256 e. The van der Waals surface area contributed by atoms with E-state index in [0.717, 1.165) is 6.26 Å². The number of sulfone groups is 1. The average Bonchev–Trinajstić information content (AvgIpc) is 2.44. The second-order valence-corrected chi connectivity index (χ2v) is 10.8. The summed E-state index contributed by atoms with van der Waals surface area (Å²) in [5.41, 5.74) is 0.871. The highest BCUT2D eigenvalue weighted by molar-refractivity contribution is 7.90. The fourth-order valence-electron chi connectivity index (χ4n) is 2.34. The summed E-state index contributed by atoms with van der Waals surface area (Å²) in [6.07, 6.45) is 2.61. The lowest BCUT2D eigenvalue weighted by atomic mass is 10.1. The predicted octanol–water partition coefficient (Wildman–Crippen LogP) is 2.37. The van der Waals surface area contributed by atoms with Crippen LogP contribution in [0.15, 0.2) is 47.5 Å². The molecule has 25 heavy (non-hydrogen) atoms. The van der Waals surface area contributed by atoms with E-state index in [-0.39, 0.29) is 10.6 Å². The molecule has 2 rings (SSSR count). The lowest BCUT2D eigenvalue weighted by Crippen LogP contribution is -2.40. The third-order valence-electron chi connectivity index (χ3n) is 3.15. The van der Waals surface area contributed by atoms with Gasteiger partial charge >= 0.3 is 0 Å². The van der Waals surface area contributed by atoms with Crippen LogP contribution in [-0.4, -0.2) is 33.6 Å². The quantitative estimate of drug-likeness (QED) is 0.857. The standard InChI is InChI=1S/C17H22N2O4S2/c1-17(2,3)19-25(22,23)16-8-6-5-7-14(16)15-10-9-13(11-18-15)12-24(4,20)21/h5-11,19H,12H2,1-4H3. The third-order valence-corrected chi connectivity index (χ3v) is 5.82. The molecule has 136 valence electrons. The molecule has 1 N–H and O–H groups in total. The van der Waals surface area contributed by atoms with Crippen molar-refractivity contribution in [1.82, 2.24) is 9.71 Å². The number of nitrogens with one attached hydrogen (secondary N) is 1. The first kappa shape index (κ1) is 19.6. The zero-order valence-electron chi connectivity index (χ0n) is 14.6. The van der Waals surface area contributed by atoms with Crippen molar-refractivity contribution in [2.75, 3.05) is 6.26 Å². The van der Waals surface area contributed by atoms with Crippen molar-refractivity contribution >= 4 is 19.9 Å². The first-order chi connectivity index (χ1) is 11.4. The number of rotatable bonds is 5. The zero-order valence-corrected chi connectivity index (χ0v) is 16.3. The molecule has 0 aliphatic heterocycles. The van der Waals surface area contributed by atoms with Crippen LogP contribution in [0.1, 0.15) is 26.3 Å². The molecule has 0 saturated carbocycles. The molecule has 0 aliphatic rings. The molecule has 1 aromatic heterocycles. The highest BCUT2D eigenvalue weighted by Gasteiger charge is 2.25. The summed E-state index contributed by atoms with van der Waals surface area (Å²) in [5, 5.41) is 0. The monoisotopic (exact) mass is 382 g/mol. The van der Waals surface area contributed by atoms with Crippen LogP contribution in [0.5, 0.6) is 0 Å². The highest BCUT2D eigenvalue weighted by atomic mass is 32.2. The molecule has 0 aliphatic carbocycles. The summed E-state index contributed by atoms with van der Waals surface area (Å²) in [6.45, 7) is 5.31. The van der Waals surface area contributed by atoms with Gasteiger partial charge in [0.2, 0.25) is 10.0 Å². The Morgan fingerprint density at radius 1 is 1.00 bits per heavy atom. The maximum absolute atomic E-state index is 12.7. The van der Waals surface area contributed by atoms with Crippen molar-refractivity contribution < 1.29 is 16.8 Å². The minimum absolute atomic E-state index is 0.105. The number of pyridine rings is 1. The Morgan fingerprint density at radius 3 is 2.16 bits per heavy atom. The average molecular weight is 383 g/mol. The molecule has 0 bridgehead atoms. The third kappa shape index (κ3) is 5.62. The SMILES string of the molecule is CC(C)(C)NS(=O)(=O)c1ccccc1-c1ccc(CS(C)(=O)=O)cn1. The molecule has 1 heterocycles. The Morgan fingerprint density at radius 2 is 1.64 bits per heavy atom. The number of nitrogens with zero attached hydrogens (tertiary/aromatic N) is 1. The maximum atomic E-state index is 12.7. The van der Waals surface area contributed by atoms with Crippen molar-refractivity contribution in [2.45, 2.75) is 37.0 Å². The van der Waals surface area contributed by atoms with E-state index in [4.69, 9.17) is 0 Å². The Bertz CT molecular complexity index is 958. The van der Waals surface area contributed by atoms with Gasteiger partial charge in [0, 0.05) is 23.6 Å². The first-order valence-corrected chi connectivity index (χ1v) is 11.2. The summed E-state index contributed by atoms with van der Waals surface area (Å²) in [5.74, 6) is -0.105. The van der Waals surface area contributed by atoms with Gasteiger partial charge in [0.15, 0.2) is 9.84 Å². The van der Waals surface area contributed by atoms with Crippen LogP contribution in [0, 0.1) is 0 Å². The molecule has 8 heteroatoms. The molecule has 0 spiro atoms. The molecule has 0 unspecified atom stereocenters. The van der Waals surface area contributed by atoms with E-state index in [1.165, 1.54) is 12.3 Å². The Balaban J connectivity index is 2.45. The molecule has 0 radical (unpaired) electrons. The smallest absolute Gasteiger partial charge is 0.241 e. The van der Waals surface area contributed by atoms with Gasteiger partial charge in [-0.1, -0.05) is 24.3 Å². The van der Waals surface area contributed by atoms with Crippen molar-refractivity contribution in [2.24, 2.45) is 0 Å². The molecule has 0 saturated heterocycles. The van der Waals surface area contributed by atoms with Crippen molar-refractivity contribution in [3.05, 3.63) is 48.2 Å². The second kappa shape index (κ2) is 6.86. The summed E-state index contributed by atoms with van der Waals surface area (Å²) >= 11 is 0. The number of sulfonamides is 1. The number of hydrogen-bond donors (Lipinski definition) is 1. The lowest BCUT2D eigenvalue weighted by molar-refractivity contribution is 0.491. The van der Waals surface area contributed by atoms with E-state index in [2.05, 4.69) is 9.71 Å². The maximum Gasteiger partial charge on any atom is 0.241 e. The summed E-state index contributed by atoms with van der Waals surface area (Å²) in [7, 11) is -6.87. The van der Waals surface area contributed by atoms with Crippen LogP contribution in [0.2, 0.25) is 0 Å².